The van der Waals surface area contributed by atoms with Crippen LogP contribution in [0.2, 0.25) is 0 Å². The summed E-state index contributed by atoms with van der Waals surface area (Å²) < 4.78 is 4.59. The van der Waals surface area contributed by atoms with E-state index in [0.29, 0.717) is 11.2 Å². The Morgan fingerprint density at radius 3 is 2.55 bits per heavy atom. The number of carboxylic acids is 1. The van der Waals surface area contributed by atoms with E-state index in [9.17, 15) is 14.9 Å². The van der Waals surface area contributed by atoms with Crippen LogP contribution in [0, 0.1) is 10.1 Å². The summed E-state index contributed by atoms with van der Waals surface area (Å²) in [5.74, 6) is -1.06. The number of nitrogens with one attached hydrogen (secondary N) is 1. The molecule has 0 fully saturated rings. The predicted octanol–water partition coefficient (Wildman–Crippen LogP) is 2.57. The molecule has 1 heterocycles. The molecule has 0 unspecified atom stereocenters. The number of hydrogen-bond acceptors (Lipinski definition) is 7. The Hall–Kier alpha value is -3.49. The number of aromatic carboxylic acids is 1. The molecule has 9 nitrogen and oxygen atoms in total. The van der Waals surface area contributed by atoms with Crippen LogP contribution >= 0.6 is 0 Å². The molecule has 0 bridgehead atoms. The summed E-state index contributed by atoms with van der Waals surface area (Å²) in [6.07, 6.45) is 0. The average molecular weight is 300 g/mol. The minimum atomic E-state index is -1.06. The third kappa shape index (κ3) is 2.30. The van der Waals surface area contributed by atoms with Gasteiger partial charge in [0.15, 0.2) is 5.52 Å². The molecule has 1 aromatic heterocycles. The van der Waals surface area contributed by atoms with Crippen LogP contribution in [0.25, 0.3) is 11.0 Å². The first-order valence-electron chi connectivity index (χ1n) is 6.06. The number of carbonyl (C=O) groups is 1. The Labute approximate surface area is 122 Å². The van der Waals surface area contributed by atoms with Gasteiger partial charge in [0.1, 0.15) is 11.2 Å². The number of hydrogen-bond donors (Lipinski definition) is 2. The molecular weight excluding hydrogens is 292 g/mol. The minimum Gasteiger partial charge on any atom is -0.478 e. The smallest absolute Gasteiger partial charge is 0.335 e. The maximum atomic E-state index is 11.1. The van der Waals surface area contributed by atoms with E-state index in [1.54, 1.807) is 0 Å². The highest BCUT2D eigenvalue weighted by atomic mass is 16.6. The molecule has 0 saturated heterocycles. The van der Waals surface area contributed by atoms with Crippen molar-refractivity contribution in [2.45, 2.75) is 0 Å². The molecule has 9 heteroatoms. The summed E-state index contributed by atoms with van der Waals surface area (Å²) in [6.45, 7) is 0. The molecule has 2 aromatic carbocycles. The number of anilines is 2. The Balaban J connectivity index is 2.05. The number of rotatable bonds is 4. The van der Waals surface area contributed by atoms with Crippen LogP contribution in [0.3, 0.4) is 0 Å². The van der Waals surface area contributed by atoms with E-state index in [4.69, 9.17) is 5.11 Å². The summed E-state index contributed by atoms with van der Waals surface area (Å²) in [6, 6.07) is 8.50. The molecule has 22 heavy (non-hydrogen) atoms. The van der Waals surface area contributed by atoms with E-state index in [-0.39, 0.29) is 22.5 Å². The van der Waals surface area contributed by atoms with Crippen LogP contribution in [-0.4, -0.2) is 26.3 Å². The molecule has 0 amide bonds. The quantitative estimate of drug-likeness (QED) is 0.555. The summed E-state index contributed by atoms with van der Waals surface area (Å²) in [4.78, 5) is 21.4. The highest BCUT2D eigenvalue weighted by Crippen LogP contribution is 2.33. The van der Waals surface area contributed by atoms with Gasteiger partial charge in [0.05, 0.1) is 10.5 Å². The lowest BCUT2D eigenvalue weighted by molar-refractivity contribution is -0.383. The van der Waals surface area contributed by atoms with Crippen LogP contribution in [0.4, 0.5) is 17.1 Å². The molecule has 0 radical (unpaired) electrons. The maximum absolute atomic E-state index is 11.1. The van der Waals surface area contributed by atoms with E-state index < -0.39 is 10.9 Å². The number of nitro benzene ring substituents is 1. The lowest BCUT2D eigenvalue weighted by Gasteiger charge is -2.07. The molecule has 0 saturated carbocycles. The first-order chi connectivity index (χ1) is 10.6. The Kier molecular flexibility index (Phi) is 3.14. The van der Waals surface area contributed by atoms with Gasteiger partial charge < -0.3 is 10.4 Å². The van der Waals surface area contributed by atoms with Crippen LogP contribution in [-0.2, 0) is 0 Å². The van der Waals surface area contributed by atoms with Crippen molar-refractivity contribution in [3.63, 3.8) is 0 Å². The van der Waals surface area contributed by atoms with Crippen molar-refractivity contribution in [1.82, 2.24) is 10.3 Å². The number of benzene rings is 2. The predicted molar refractivity (Wildman–Crippen MR) is 75.1 cm³/mol. The molecule has 3 rings (SSSR count). The van der Waals surface area contributed by atoms with E-state index in [1.165, 1.54) is 36.4 Å². The van der Waals surface area contributed by atoms with Gasteiger partial charge in [0.2, 0.25) is 0 Å². The fraction of sp³-hybridized carbons (Fsp3) is 0. The largest absolute Gasteiger partial charge is 0.478 e. The fourth-order valence-electron chi connectivity index (χ4n) is 1.96. The minimum absolute atomic E-state index is 0.112. The molecular formula is C13H8N4O5. The summed E-state index contributed by atoms with van der Waals surface area (Å²) >= 11 is 0. The van der Waals surface area contributed by atoms with Crippen molar-refractivity contribution in [2.75, 3.05) is 5.32 Å². The molecule has 110 valence electrons. The van der Waals surface area contributed by atoms with Gasteiger partial charge in [0, 0.05) is 11.8 Å². The standard InChI is InChI=1S/C13H8N4O5/c18-13(19)7-1-3-8(4-2-7)14-12-10(17(20)21)6-5-9-11(12)16-22-15-9/h1-6,14H,(H,18,19). The number of nitrogens with zero attached hydrogens (tertiary/aromatic N) is 3. The van der Waals surface area contributed by atoms with Crippen LogP contribution in [0.15, 0.2) is 41.0 Å². The van der Waals surface area contributed by atoms with Gasteiger partial charge in [-0.05, 0) is 40.6 Å². The lowest BCUT2D eigenvalue weighted by Crippen LogP contribution is -1.99. The summed E-state index contributed by atoms with van der Waals surface area (Å²) in [5.41, 5.74) is 1.12. The topological polar surface area (TPSA) is 131 Å². The SMILES string of the molecule is O=C(O)c1ccc(Nc2c([N+](=O)[O-])ccc3nonc23)cc1. The zero-order valence-corrected chi connectivity index (χ0v) is 10.9. The van der Waals surface area contributed by atoms with Crippen molar-refractivity contribution >= 4 is 34.1 Å². The number of fused-ring (bicyclic) bond motifs is 1. The van der Waals surface area contributed by atoms with Gasteiger partial charge in [0.25, 0.3) is 5.69 Å². The molecule has 3 aromatic rings. The Morgan fingerprint density at radius 1 is 1.18 bits per heavy atom. The maximum Gasteiger partial charge on any atom is 0.335 e. The van der Waals surface area contributed by atoms with Crippen molar-refractivity contribution in [3.05, 3.63) is 52.1 Å². The van der Waals surface area contributed by atoms with Crippen LogP contribution in [0.1, 0.15) is 10.4 Å². The summed E-state index contributed by atoms with van der Waals surface area (Å²) in [5, 5.41) is 30.1. The lowest BCUT2D eigenvalue weighted by atomic mass is 10.2. The third-order valence-corrected chi connectivity index (χ3v) is 3.00. The van der Waals surface area contributed by atoms with Crippen molar-refractivity contribution in [2.24, 2.45) is 0 Å². The van der Waals surface area contributed by atoms with Gasteiger partial charge in [-0.3, -0.25) is 10.1 Å². The van der Waals surface area contributed by atoms with Crippen LogP contribution < -0.4 is 5.32 Å². The van der Waals surface area contributed by atoms with Gasteiger partial charge >= 0.3 is 5.97 Å². The normalized spacial score (nSPS) is 10.5. The van der Waals surface area contributed by atoms with Crippen molar-refractivity contribution < 1.29 is 19.5 Å². The van der Waals surface area contributed by atoms with Gasteiger partial charge in [-0.25, -0.2) is 9.42 Å². The first-order valence-corrected chi connectivity index (χ1v) is 6.06. The molecule has 0 aliphatic carbocycles. The second kappa shape index (κ2) is 5.13. The molecule has 0 aliphatic rings. The van der Waals surface area contributed by atoms with Crippen molar-refractivity contribution in [3.8, 4) is 0 Å². The number of carboxylic acid groups (broad SMARTS) is 1. The van der Waals surface area contributed by atoms with Crippen LogP contribution in [0.5, 0.6) is 0 Å². The highest BCUT2D eigenvalue weighted by Gasteiger charge is 2.20. The van der Waals surface area contributed by atoms with E-state index in [1.807, 2.05) is 0 Å². The number of nitro groups is 1. The number of aromatic nitrogens is 2. The zero-order valence-electron chi connectivity index (χ0n) is 10.9. The van der Waals surface area contributed by atoms with Gasteiger partial charge in [-0.1, -0.05) is 0 Å². The van der Waals surface area contributed by atoms with Gasteiger partial charge in [-0.15, -0.1) is 0 Å². The molecule has 0 spiro atoms. The molecule has 2 N–H and O–H groups in total. The fourth-order valence-corrected chi connectivity index (χ4v) is 1.96. The highest BCUT2D eigenvalue weighted by molar-refractivity contribution is 5.95. The van der Waals surface area contributed by atoms with E-state index in [2.05, 4.69) is 20.3 Å². The average Bonchev–Trinajstić information content (AvgIpc) is 2.96. The third-order valence-electron chi connectivity index (χ3n) is 3.00. The second-order valence-electron chi connectivity index (χ2n) is 4.36. The van der Waals surface area contributed by atoms with E-state index >= 15 is 0 Å². The molecule has 0 aliphatic heterocycles. The summed E-state index contributed by atoms with van der Waals surface area (Å²) in [7, 11) is 0. The van der Waals surface area contributed by atoms with Crippen molar-refractivity contribution in [1.29, 1.82) is 0 Å². The Morgan fingerprint density at radius 2 is 1.91 bits per heavy atom. The van der Waals surface area contributed by atoms with E-state index in [0.717, 1.165) is 0 Å². The molecule has 0 atom stereocenters. The zero-order chi connectivity index (χ0) is 15.7. The van der Waals surface area contributed by atoms with Gasteiger partial charge in [-0.2, -0.15) is 0 Å². The second-order valence-corrected chi connectivity index (χ2v) is 4.36. The Bertz CT molecular complexity index is 872. The first kappa shape index (κ1) is 13.5. The monoisotopic (exact) mass is 300 g/mol.